The lowest BCUT2D eigenvalue weighted by atomic mass is 9.79. The number of aryl methyl sites for hydroxylation is 2. The molecule has 1 fully saturated rings. The average Bonchev–Trinajstić information content (AvgIpc) is 2.96. The quantitative estimate of drug-likeness (QED) is 0.816. The van der Waals surface area contributed by atoms with Crippen molar-refractivity contribution in [2.75, 3.05) is 0 Å². The molecule has 1 aromatic heterocycles. The Hall–Kier alpha value is -1.65. The summed E-state index contributed by atoms with van der Waals surface area (Å²) in [4.78, 5) is 15.1. The van der Waals surface area contributed by atoms with Crippen molar-refractivity contribution < 1.29 is 4.79 Å². The van der Waals surface area contributed by atoms with Crippen LogP contribution < -0.4 is 10.6 Å². The van der Waals surface area contributed by atoms with E-state index in [0.717, 1.165) is 30.6 Å². The summed E-state index contributed by atoms with van der Waals surface area (Å²) >= 11 is 1.65. The summed E-state index contributed by atoms with van der Waals surface area (Å²) in [6.45, 7) is 8.86. The van der Waals surface area contributed by atoms with Crippen LogP contribution >= 0.6 is 11.3 Å². The maximum atomic E-state index is 12.9. The fourth-order valence-corrected chi connectivity index (χ4v) is 6.04. The maximum Gasteiger partial charge on any atom is 0.261 e. The van der Waals surface area contributed by atoms with E-state index in [-0.39, 0.29) is 23.0 Å². The summed E-state index contributed by atoms with van der Waals surface area (Å²) in [6.07, 6.45) is 4.01. The van der Waals surface area contributed by atoms with E-state index in [1.54, 1.807) is 11.3 Å². The van der Waals surface area contributed by atoms with E-state index in [2.05, 4.69) is 68.7 Å². The van der Waals surface area contributed by atoms with Crippen molar-refractivity contribution in [1.29, 1.82) is 0 Å². The van der Waals surface area contributed by atoms with Crippen LogP contribution in [-0.4, -0.2) is 23.0 Å². The van der Waals surface area contributed by atoms with Crippen LogP contribution in [0.15, 0.2) is 30.3 Å². The number of carbonyl (C=O) groups is 1. The molecule has 1 aromatic carbocycles. The largest absolute Gasteiger partial charge is 0.348 e. The SMILES string of the molecule is CC1(C)CC(NC(=O)c2cc3c(s2)-c2ccccc2CC3)CC(C)(C)N1. The smallest absolute Gasteiger partial charge is 0.261 e. The van der Waals surface area contributed by atoms with Gasteiger partial charge in [-0.15, -0.1) is 11.3 Å². The lowest BCUT2D eigenvalue weighted by Crippen LogP contribution is -2.62. The Morgan fingerprint density at radius 1 is 1.08 bits per heavy atom. The van der Waals surface area contributed by atoms with Crippen molar-refractivity contribution >= 4 is 17.2 Å². The fourth-order valence-electron chi connectivity index (χ4n) is 4.86. The molecule has 1 aliphatic heterocycles. The number of piperidine rings is 1. The molecule has 2 aliphatic rings. The second-order valence-corrected chi connectivity index (χ2v) is 10.1. The highest BCUT2D eigenvalue weighted by atomic mass is 32.1. The Kier molecular flexibility index (Phi) is 4.24. The summed E-state index contributed by atoms with van der Waals surface area (Å²) < 4.78 is 0. The van der Waals surface area contributed by atoms with E-state index in [0.29, 0.717) is 0 Å². The van der Waals surface area contributed by atoms with Gasteiger partial charge in [0.15, 0.2) is 0 Å². The van der Waals surface area contributed by atoms with Gasteiger partial charge in [-0.05, 0) is 76.1 Å². The Morgan fingerprint density at radius 2 is 1.73 bits per heavy atom. The summed E-state index contributed by atoms with van der Waals surface area (Å²) in [6, 6.07) is 10.9. The number of thiophene rings is 1. The zero-order valence-corrected chi connectivity index (χ0v) is 16.9. The van der Waals surface area contributed by atoms with Crippen molar-refractivity contribution in [1.82, 2.24) is 10.6 Å². The number of nitrogens with one attached hydrogen (secondary N) is 2. The zero-order valence-electron chi connectivity index (χ0n) is 16.1. The van der Waals surface area contributed by atoms with Gasteiger partial charge in [-0.25, -0.2) is 0 Å². The molecule has 4 rings (SSSR count). The Morgan fingerprint density at radius 3 is 2.46 bits per heavy atom. The third-order valence-electron chi connectivity index (χ3n) is 5.48. The number of amides is 1. The lowest BCUT2D eigenvalue weighted by molar-refractivity contribution is 0.0877. The van der Waals surface area contributed by atoms with Crippen molar-refractivity contribution in [3.63, 3.8) is 0 Å². The highest BCUT2D eigenvalue weighted by Crippen LogP contribution is 2.39. The molecule has 3 nitrogen and oxygen atoms in total. The predicted octanol–water partition coefficient (Wildman–Crippen LogP) is 4.55. The van der Waals surface area contributed by atoms with Crippen molar-refractivity contribution in [2.24, 2.45) is 0 Å². The molecular formula is C22H28N2OS. The highest BCUT2D eigenvalue weighted by molar-refractivity contribution is 7.17. The van der Waals surface area contributed by atoms with E-state index in [9.17, 15) is 4.79 Å². The number of hydrogen-bond acceptors (Lipinski definition) is 3. The van der Waals surface area contributed by atoms with Gasteiger partial charge in [-0.1, -0.05) is 24.3 Å². The second-order valence-electron chi connectivity index (χ2n) is 9.09. The third kappa shape index (κ3) is 3.45. The Labute approximate surface area is 160 Å². The molecule has 0 radical (unpaired) electrons. The minimum atomic E-state index is 0.0350. The second kappa shape index (κ2) is 6.21. The summed E-state index contributed by atoms with van der Waals surface area (Å²) in [5, 5.41) is 6.99. The van der Waals surface area contributed by atoms with Crippen molar-refractivity contribution in [3.8, 4) is 10.4 Å². The number of carbonyl (C=O) groups excluding carboxylic acids is 1. The standard InChI is InChI=1S/C22H28N2OS/c1-21(2)12-16(13-22(3,4)24-21)23-20(25)18-11-15-10-9-14-7-5-6-8-17(14)19(15)26-18/h5-8,11,16,24H,9-10,12-13H2,1-4H3,(H,23,25). The summed E-state index contributed by atoms with van der Waals surface area (Å²) in [5.74, 6) is 0.0837. The molecule has 1 saturated heterocycles. The molecule has 0 atom stereocenters. The van der Waals surface area contributed by atoms with Crippen LogP contribution in [0, 0.1) is 0 Å². The predicted molar refractivity (Wildman–Crippen MR) is 109 cm³/mol. The highest BCUT2D eigenvalue weighted by Gasteiger charge is 2.38. The van der Waals surface area contributed by atoms with E-state index < -0.39 is 0 Å². The van der Waals surface area contributed by atoms with Gasteiger partial charge in [0, 0.05) is 22.0 Å². The van der Waals surface area contributed by atoms with Gasteiger partial charge in [-0.3, -0.25) is 4.79 Å². The van der Waals surface area contributed by atoms with Crippen molar-refractivity contribution in [2.45, 2.75) is 70.5 Å². The van der Waals surface area contributed by atoms with Crippen LogP contribution in [0.3, 0.4) is 0 Å². The van der Waals surface area contributed by atoms with E-state index in [4.69, 9.17) is 0 Å². The Balaban J connectivity index is 1.55. The first-order chi connectivity index (χ1) is 12.2. The number of benzene rings is 1. The van der Waals surface area contributed by atoms with Crippen LogP contribution in [0.1, 0.15) is 61.3 Å². The number of rotatable bonds is 2. The molecule has 2 aromatic rings. The summed E-state index contributed by atoms with van der Waals surface area (Å²) in [7, 11) is 0. The average molecular weight is 369 g/mol. The van der Waals surface area contributed by atoms with Gasteiger partial charge in [0.25, 0.3) is 5.91 Å². The maximum absolute atomic E-state index is 12.9. The minimum Gasteiger partial charge on any atom is -0.348 e. The monoisotopic (exact) mass is 368 g/mol. The number of hydrogen-bond donors (Lipinski definition) is 2. The first-order valence-electron chi connectivity index (χ1n) is 9.54. The van der Waals surface area contributed by atoms with Crippen LogP contribution in [0.4, 0.5) is 0 Å². The van der Waals surface area contributed by atoms with Gasteiger partial charge in [0.05, 0.1) is 4.88 Å². The molecule has 4 heteroatoms. The normalized spacial score (nSPS) is 20.9. The van der Waals surface area contributed by atoms with Gasteiger partial charge in [0.1, 0.15) is 0 Å². The van der Waals surface area contributed by atoms with Gasteiger partial charge >= 0.3 is 0 Å². The van der Waals surface area contributed by atoms with Crippen LogP contribution in [0.5, 0.6) is 0 Å². The molecule has 1 aliphatic carbocycles. The lowest BCUT2D eigenvalue weighted by Gasteiger charge is -2.46. The van der Waals surface area contributed by atoms with E-state index in [1.807, 2.05) is 0 Å². The first kappa shape index (κ1) is 17.7. The summed E-state index contributed by atoms with van der Waals surface area (Å²) in [5.41, 5.74) is 4.10. The molecule has 0 unspecified atom stereocenters. The molecule has 0 spiro atoms. The van der Waals surface area contributed by atoms with Gasteiger partial charge < -0.3 is 10.6 Å². The molecule has 1 amide bonds. The molecule has 0 bridgehead atoms. The zero-order chi connectivity index (χ0) is 18.5. The van der Waals surface area contributed by atoms with Crippen LogP contribution in [0.25, 0.3) is 10.4 Å². The van der Waals surface area contributed by atoms with E-state index in [1.165, 1.54) is 21.6 Å². The molecule has 2 heterocycles. The topological polar surface area (TPSA) is 41.1 Å². The van der Waals surface area contributed by atoms with Gasteiger partial charge in [0.2, 0.25) is 0 Å². The Bertz CT molecular complexity index is 834. The minimum absolute atomic E-state index is 0.0350. The third-order valence-corrected chi connectivity index (χ3v) is 6.69. The van der Waals surface area contributed by atoms with Crippen LogP contribution in [0.2, 0.25) is 0 Å². The number of fused-ring (bicyclic) bond motifs is 3. The first-order valence-corrected chi connectivity index (χ1v) is 10.4. The van der Waals surface area contributed by atoms with Crippen molar-refractivity contribution in [3.05, 3.63) is 46.3 Å². The van der Waals surface area contributed by atoms with Gasteiger partial charge in [-0.2, -0.15) is 0 Å². The molecule has 26 heavy (non-hydrogen) atoms. The molecule has 2 N–H and O–H groups in total. The fraction of sp³-hybridized carbons (Fsp3) is 0.500. The molecule has 138 valence electrons. The molecule has 0 saturated carbocycles. The van der Waals surface area contributed by atoms with Crippen LogP contribution in [-0.2, 0) is 12.8 Å². The van der Waals surface area contributed by atoms with E-state index >= 15 is 0 Å². The molecular weight excluding hydrogens is 340 g/mol.